The zero-order chi connectivity index (χ0) is 20.6. The van der Waals surface area contributed by atoms with Crippen molar-refractivity contribution in [2.75, 3.05) is 20.7 Å². The van der Waals surface area contributed by atoms with E-state index < -0.39 is 0 Å². The van der Waals surface area contributed by atoms with Gasteiger partial charge in [0, 0.05) is 36.5 Å². The van der Waals surface area contributed by atoms with Gasteiger partial charge in [0.25, 0.3) is 0 Å². The maximum Gasteiger partial charge on any atom is 0.138 e. The van der Waals surface area contributed by atoms with Crippen LogP contribution in [-0.4, -0.2) is 48.1 Å². The first kappa shape index (κ1) is 19.6. The maximum atomic E-state index is 13.2. The summed E-state index contributed by atoms with van der Waals surface area (Å²) in [6, 6.07) is 4.75. The molecule has 3 saturated carbocycles. The Hall–Kier alpha value is -1.39. The number of benzene rings is 1. The number of hydrogen-bond acceptors (Lipinski definition) is 4. The first-order valence-corrected chi connectivity index (χ1v) is 11.4. The SMILES string of the molecule is CCCC(=O)[C@H]1C[C@@]23CC[C@@]1(OC)C[C@@]21CCN(C)[C@@H]3Cc2ccc(C)c(O)c21. The molecule has 29 heavy (non-hydrogen) atoms. The van der Waals surface area contributed by atoms with Crippen molar-refractivity contribution in [1.29, 1.82) is 0 Å². The quantitative estimate of drug-likeness (QED) is 0.829. The minimum atomic E-state index is -0.376. The molecule has 1 aromatic carbocycles. The summed E-state index contributed by atoms with van der Waals surface area (Å²) < 4.78 is 6.27. The van der Waals surface area contributed by atoms with Crippen molar-refractivity contribution < 1.29 is 14.6 Å². The molecular formula is C25H35NO3. The zero-order valence-electron chi connectivity index (χ0n) is 18.4. The molecule has 4 fully saturated rings. The van der Waals surface area contributed by atoms with E-state index in [4.69, 9.17) is 4.74 Å². The van der Waals surface area contributed by atoms with Gasteiger partial charge in [-0.2, -0.15) is 0 Å². The molecule has 0 amide bonds. The number of methoxy groups -OCH3 is 1. The van der Waals surface area contributed by atoms with Gasteiger partial charge >= 0.3 is 0 Å². The number of phenols is 1. The molecular weight excluding hydrogens is 362 g/mol. The number of ketones is 1. The van der Waals surface area contributed by atoms with Gasteiger partial charge in [-0.1, -0.05) is 19.1 Å². The van der Waals surface area contributed by atoms with Crippen LogP contribution in [0.3, 0.4) is 0 Å². The number of fused-ring (bicyclic) bond motifs is 3. The number of nitrogens with zero attached hydrogens (tertiary/aromatic N) is 1. The summed E-state index contributed by atoms with van der Waals surface area (Å²) in [5.41, 5.74) is 3.09. The average Bonchev–Trinajstić information content (AvgIpc) is 2.72. The highest BCUT2D eigenvalue weighted by molar-refractivity contribution is 5.83. The summed E-state index contributed by atoms with van der Waals surface area (Å²) >= 11 is 0. The van der Waals surface area contributed by atoms with E-state index in [0.29, 0.717) is 24.0 Å². The fraction of sp³-hybridized carbons (Fsp3) is 0.720. The Morgan fingerprint density at radius 2 is 2.10 bits per heavy atom. The largest absolute Gasteiger partial charge is 0.507 e. The fourth-order valence-corrected chi connectivity index (χ4v) is 8.11. The van der Waals surface area contributed by atoms with Crippen LogP contribution in [0.25, 0.3) is 0 Å². The summed E-state index contributed by atoms with van der Waals surface area (Å²) in [4.78, 5) is 15.8. The van der Waals surface area contributed by atoms with Crippen LogP contribution in [0.2, 0.25) is 0 Å². The third-order valence-corrected chi connectivity index (χ3v) is 9.46. The van der Waals surface area contributed by atoms with Crippen molar-refractivity contribution in [3.05, 3.63) is 28.8 Å². The molecule has 5 aliphatic rings. The number of carbonyl (C=O) groups excluding carboxylic acids is 1. The van der Waals surface area contributed by atoms with Gasteiger partial charge in [-0.25, -0.2) is 0 Å². The van der Waals surface area contributed by atoms with Crippen LogP contribution in [0.5, 0.6) is 5.75 Å². The van der Waals surface area contributed by atoms with E-state index in [1.807, 2.05) is 14.0 Å². The third-order valence-electron chi connectivity index (χ3n) is 9.46. The number of aryl methyl sites for hydroxylation is 1. The summed E-state index contributed by atoms with van der Waals surface area (Å²) in [7, 11) is 4.07. The summed E-state index contributed by atoms with van der Waals surface area (Å²) in [5.74, 6) is 0.889. The van der Waals surface area contributed by atoms with Gasteiger partial charge in [0.2, 0.25) is 0 Å². The number of hydrogen-bond donors (Lipinski definition) is 1. The molecule has 6 rings (SSSR count). The third kappa shape index (κ3) is 2.25. The Morgan fingerprint density at radius 1 is 1.31 bits per heavy atom. The van der Waals surface area contributed by atoms with Crippen LogP contribution in [0, 0.1) is 18.3 Å². The van der Waals surface area contributed by atoms with Gasteiger partial charge in [0.15, 0.2) is 0 Å². The van der Waals surface area contributed by atoms with Crippen LogP contribution < -0.4 is 0 Å². The van der Waals surface area contributed by atoms with Gasteiger partial charge in [-0.05, 0) is 82.0 Å². The van der Waals surface area contributed by atoms with Crippen molar-refractivity contribution in [2.45, 2.75) is 82.3 Å². The summed E-state index contributed by atoms with van der Waals surface area (Å²) in [5, 5.41) is 11.3. The minimum absolute atomic E-state index is 0.00294. The molecule has 1 saturated heterocycles. The van der Waals surface area contributed by atoms with Gasteiger partial charge in [-0.15, -0.1) is 0 Å². The lowest BCUT2D eigenvalue weighted by Crippen LogP contribution is -2.75. The van der Waals surface area contributed by atoms with E-state index in [1.54, 1.807) is 0 Å². The topological polar surface area (TPSA) is 49.8 Å². The second-order valence-electron chi connectivity index (χ2n) is 10.4. The molecule has 1 spiro atoms. The summed E-state index contributed by atoms with van der Waals surface area (Å²) in [6.45, 7) is 5.16. The van der Waals surface area contributed by atoms with Crippen molar-refractivity contribution in [3.63, 3.8) is 0 Å². The summed E-state index contributed by atoms with van der Waals surface area (Å²) in [6.07, 6.45) is 7.45. The van der Waals surface area contributed by atoms with Crippen LogP contribution in [-0.2, 0) is 21.4 Å². The normalized spacial score (nSPS) is 40.4. The molecule has 1 heterocycles. The first-order valence-electron chi connectivity index (χ1n) is 11.4. The lowest BCUT2D eigenvalue weighted by atomic mass is 9.35. The molecule has 4 bridgehead atoms. The number of likely N-dealkylation sites (tertiary alicyclic amines) is 1. The van der Waals surface area contributed by atoms with E-state index in [9.17, 15) is 9.90 Å². The first-order chi connectivity index (χ1) is 13.8. The van der Waals surface area contributed by atoms with Crippen molar-refractivity contribution in [2.24, 2.45) is 11.3 Å². The predicted molar refractivity (Wildman–Crippen MR) is 113 cm³/mol. The Labute approximate surface area is 174 Å². The standard InChI is InChI=1S/C25H35NO3/c1-5-6-19(27)18-14-23-9-10-25(18,29-4)15-24(23)11-12-26(3)20(23)13-17-8-7-16(2)22(28)21(17)24/h7-8,18,20,28H,5-6,9-15H2,1-4H3/t18-,20-,23-,24-,25-/m1/s1. The van der Waals surface area contributed by atoms with Crippen LogP contribution in [0.1, 0.15) is 68.6 Å². The minimum Gasteiger partial charge on any atom is -0.507 e. The molecule has 4 aliphatic carbocycles. The van der Waals surface area contributed by atoms with E-state index >= 15 is 0 Å². The van der Waals surface area contributed by atoms with Gasteiger partial charge in [0.05, 0.1) is 5.60 Å². The van der Waals surface area contributed by atoms with Crippen molar-refractivity contribution in [1.82, 2.24) is 4.90 Å². The molecule has 5 atom stereocenters. The second-order valence-corrected chi connectivity index (χ2v) is 10.4. The highest BCUT2D eigenvalue weighted by Gasteiger charge is 2.73. The number of ether oxygens (including phenoxy) is 1. The molecule has 1 aliphatic heterocycles. The molecule has 0 aromatic heterocycles. The molecule has 0 radical (unpaired) electrons. The van der Waals surface area contributed by atoms with Crippen LogP contribution in [0.15, 0.2) is 12.1 Å². The average molecular weight is 398 g/mol. The smallest absolute Gasteiger partial charge is 0.138 e. The highest BCUT2D eigenvalue weighted by Crippen LogP contribution is 2.73. The lowest BCUT2D eigenvalue weighted by Gasteiger charge is -2.73. The number of phenolic OH excluding ortho intramolecular Hbond substituents is 1. The number of carbonyl (C=O) groups is 1. The van der Waals surface area contributed by atoms with E-state index in [-0.39, 0.29) is 22.3 Å². The van der Waals surface area contributed by atoms with Crippen molar-refractivity contribution in [3.8, 4) is 5.75 Å². The molecule has 0 unspecified atom stereocenters. The number of piperidine rings is 1. The molecule has 158 valence electrons. The zero-order valence-corrected chi connectivity index (χ0v) is 18.4. The Balaban J connectivity index is 1.74. The number of Topliss-reactive ketones (excluding diaryl/α,β-unsaturated/α-hetero) is 1. The number of likely N-dealkylation sites (N-methyl/N-ethyl adjacent to an activating group) is 1. The number of aromatic hydroxyl groups is 1. The van der Waals surface area contributed by atoms with E-state index in [1.165, 1.54) is 11.1 Å². The van der Waals surface area contributed by atoms with E-state index in [2.05, 4.69) is 31.0 Å². The Kier molecular flexibility index (Phi) is 4.25. The molecule has 1 aromatic rings. The number of rotatable bonds is 4. The second kappa shape index (κ2) is 6.31. The Morgan fingerprint density at radius 3 is 2.83 bits per heavy atom. The van der Waals surface area contributed by atoms with Gasteiger partial charge < -0.3 is 14.7 Å². The van der Waals surface area contributed by atoms with Crippen LogP contribution >= 0.6 is 0 Å². The fourth-order valence-electron chi connectivity index (χ4n) is 8.11. The van der Waals surface area contributed by atoms with Crippen LogP contribution in [0.4, 0.5) is 0 Å². The maximum absolute atomic E-state index is 13.2. The van der Waals surface area contributed by atoms with Crippen molar-refractivity contribution >= 4 is 5.78 Å². The highest BCUT2D eigenvalue weighted by atomic mass is 16.5. The molecule has 1 N–H and O–H groups in total. The lowest BCUT2D eigenvalue weighted by molar-refractivity contribution is -0.232. The molecule has 4 nitrogen and oxygen atoms in total. The monoisotopic (exact) mass is 397 g/mol. The van der Waals surface area contributed by atoms with Gasteiger partial charge in [0.1, 0.15) is 11.5 Å². The Bertz CT molecular complexity index is 866. The predicted octanol–water partition coefficient (Wildman–Crippen LogP) is 4.14. The van der Waals surface area contributed by atoms with E-state index in [0.717, 1.165) is 57.1 Å². The molecule has 4 heteroatoms. The van der Waals surface area contributed by atoms with Gasteiger partial charge in [-0.3, -0.25) is 4.79 Å².